The quantitative estimate of drug-likeness (QED) is 0.559. The molecule has 17 heavy (non-hydrogen) atoms. The van der Waals surface area contributed by atoms with Crippen LogP contribution in [0.5, 0.6) is 0 Å². The van der Waals surface area contributed by atoms with Gasteiger partial charge in [-0.1, -0.05) is 34.1 Å². The molecule has 1 rings (SSSR count). The van der Waals surface area contributed by atoms with Crippen LogP contribution in [0.25, 0.3) is 0 Å². The van der Waals surface area contributed by atoms with Crippen LogP contribution in [-0.2, 0) is 4.74 Å². The Kier molecular flexibility index (Phi) is 6.06. The second-order valence-corrected chi connectivity index (χ2v) is 5.17. The number of alkyl halides is 3. The van der Waals surface area contributed by atoms with E-state index < -0.39 is 13.0 Å². The first-order chi connectivity index (χ1) is 8.00. The highest BCUT2D eigenvalue weighted by Gasteiger charge is 2.09. The molecule has 0 aliphatic carbocycles. The summed E-state index contributed by atoms with van der Waals surface area (Å²) in [6.45, 7) is 3.99. The van der Waals surface area contributed by atoms with Crippen LogP contribution in [0.1, 0.15) is 27.9 Å². The Morgan fingerprint density at radius 2 is 1.94 bits per heavy atom. The van der Waals surface area contributed by atoms with Crippen molar-refractivity contribution in [3.8, 4) is 0 Å². The summed E-state index contributed by atoms with van der Waals surface area (Å²) >= 11 is 3.54. The third-order valence-corrected chi connectivity index (χ3v) is 3.64. The highest BCUT2D eigenvalue weighted by atomic mass is 79.9. The summed E-state index contributed by atoms with van der Waals surface area (Å²) in [5, 5.41) is 0. The van der Waals surface area contributed by atoms with E-state index in [1.165, 1.54) is 11.1 Å². The molecule has 0 aliphatic rings. The molecule has 0 radical (unpaired) electrons. The van der Waals surface area contributed by atoms with Crippen molar-refractivity contribution in [1.82, 2.24) is 0 Å². The SMILES string of the molecule is Cc1ccc(C(Br)CCOCC(F)F)cc1C. The van der Waals surface area contributed by atoms with E-state index in [0.29, 0.717) is 13.0 Å². The third-order valence-electron chi connectivity index (χ3n) is 2.65. The van der Waals surface area contributed by atoms with Gasteiger partial charge < -0.3 is 4.74 Å². The first-order valence-corrected chi connectivity index (χ1v) is 6.49. The lowest BCUT2D eigenvalue weighted by atomic mass is 10.0. The molecular weight excluding hydrogens is 290 g/mol. The molecule has 1 atom stereocenters. The van der Waals surface area contributed by atoms with Gasteiger partial charge in [-0.25, -0.2) is 8.78 Å². The number of hydrogen-bond donors (Lipinski definition) is 0. The number of benzene rings is 1. The average Bonchev–Trinajstić information content (AvgIpc) is 2.27. The Bertz CT molecular complexity index is 355. The predicted octanol–water partition coefficient (Wildman–Crippen LogP) is 4.41. The van der Waals surface area contributed by atoms with Crippen molar-refractivity contribution in [2.24, 2.45) is 0 Å². The van der Waals surface area contributed by atoms with Gasteiger partial charge in [-0.3, -0.25) is 0 Å². The van der Waals surface area contributed by atoms with Crippen LogP contribution in [-0.4, -0.2) is 19.6 Å². The van der Waals surface area contributed by atoms with Crippen LogP contribution in [0.15, 0.2) is 18.2 Å². The van der Waals surface area contributed by atoms with Crippen LogP contribution in [0, 0.1) is 13.8 Å². The van der Waals surface area contributed by atoms with Crippen molar-refractivity contribution in [3.63, 3.8) is 0 Å². The molecule has 1 unspecified atom stereocenters. The Morgan fingerprint density at radius 3 is 2.53 bits per heavy atom. The molecule has 1 nitrogen and oxygen atoms in total. The van der Waals surface area contributed by atoms with E-state index in [2.05, 4.69) is 48.0 Å². The van der Waals surface area contributed by atoms with Gasteiger partial charge in [0.25, 0.3) is 6.43 Å². The number of halogens is 3. The molecular formula is C13H17BrF2O. The Labute approximate surface area is 109 Å². The molecule has 0 amide bonds. The van der Waals surface area contributed by atoms with Crippen LogP contribution in [0.3, 0.4) is 0 Å². The lowest BCUT2D eigenvalue weighted by Gasteiger charge is -2.12. The van der Waals surface area contributed by atoms with Crippen molar-refractivity contribution in [1.29, 1.82) is 0 Å². The van der Waals surface area contributed by atoms with Gasteiger partial charge in [0.2, 0.25) is 0 Å². The van der Waals surface area contributed by atoms with Gasteiger partial charge in [0.1, 0.15) is 6.61 Å². The zero-order valence-electron chi connectivity index (χ0n) is 10.1. The Morgan fingerprint density at radius 1 is 1.24 bits per heavy atom. The minimum atomic E-state index is -2.38. The van der Waals surface area contributed by atoms with E-state index in [0.717, 1.165) is 5.56 Å². The van der Waals surface area contributed by atoms with Gasteiger partial charge in [-0.15, -0.1) is 0 Å². The minimum Gasteiger partial charge on any atom is -0.375 e. The van der Waals surface area contributed by atoms with Crippen LogP contribution in [0.4, 0.5) is 8.78 Å². The van der Waals surface area contributed by atoms with Gasteiger partial charge in [0.15, 0.2) is 0 Å². The lowest BCUT2D eigenvalue weighted by Crippen LogP contribution is -2.06. The number of aryl methyl sites for hydroxylation is 2. The fourth-order valence-corrected chi connectivity index (χ4v) is 1.96. The van der Waals surface area contributed by atoms with Gasteiger partial charge >= 0.3 is 0 Å². The molecule has 0 N–H and O–H groups in total. The van der Waals surface area contributed by atoms with E-state index in [1.807, 2.05) is 0 Å². The van der Waals surface area contributed by atoms with Gasteiger partial charge in [0, 0.05) is 11.4 Å². The molecule has 0 saturated heterocycles. The van der Waals surface area contributed by atoms with Crippen molar-refractivity contribution >= 4 is 15.9 Å². The number of hydrogen-bond acceptors (Lipinski definition) is 1. The fraction of sp³-hybridized carbons (Fsp3) is 0.538. The molecule has 96 valence electrons. The molecule has 0 heterocycles. The van der Waals surface area contributed by atoms with Crippen LogP contribution in [0.2, 0.25) is 0 Å². The highest BCUT2D eigenvalue weighted by Crippen LogP contribution is 2.27. The summed E-state index contributed by atoms with van der Waals surface area (Å²) in [6, 6.07) is 6.23. The maximum Gasteiger partial charge on any atom is 0.261 e. The van der Waals surface area contributed by atoms with Crippen LogP contribution < -0.4 is 0 Å². The number of rotatable bonds is 6. The largest absolute Gasteiger partial charge is 0.375 e. The minimum absolute atomic E-state index is 0.152. The van der Waals surface area contributed by atoms with Gasteiger partial charge in [-0.05, 0) is 37.0 Å². The highest BCUT2D eigenvalue weighted by molar-refractivity contribution is 9.09. The summed E-state index contributed by atoms with van der Waals surface area (Å²) in [5.41, 5.74) is 3.65. The van der Waals surface area contributed by atoms with Crippen molar-refractivity contribution < 1.29 is 13.5 Å². The van der Waals surface area contributed by atoms with E-state index in [4.69, 9.17) is 4.74 Å². The second-order valence-electron chi connectivity index (χ2n) is 4.07. The zero-order valence-corrected chi connectivity index (χ0v) is 11.6. The Balaban J connectivity index is 2.41. The summed E-state index contributed by atoms with van der Waals surface area (Å²) in [6.07, 6.45) is -1.69. The summed E-state index contributed by atoms with van der Waals surface area (Å²) in [4.78, 5) is 0.152. The molecule has 0 aromatic heterocycles. The monoisotopic (exact) mass is 306 g/mol. The summed E-state index contributed by atoms with van der Waals surface area (Å²) < 4.78 is 28.5. The lowest BCUT2D eigenvalue weighted by molar-refractivity contribution is 0.0167. The van der Waals surface area contributed by atoms with Crippen LogP contribution >= 0.6 is 15.9 Å². The smallest absolute Gasteiger partial charge is 0.261 e. The summed E-state index contributed by atoms with van der Waals surface area (Å²) in [7, 11) is 0. The topological polar surface area (TPSA) is 9.23 Å². The molecule has 0 saturated carbocycles. The molecule has 0 bridgehead atoms. The number of ether oxygens (including phenoxy) is 1. The molecule has 0 fully saturated rings. The standard InChI is InChI=1S/C13H17BrF2O/c1-9-3-4-11(7-10(9)2)12(14)5-6-17-8-13(15)16/h3-4,7,12-13H,5-6,8H2,1-2H3. The van der Waals surface area contributed by atoms with E-state index in [-0.39, 0.29) is 4.83 Å². The average molecular weight is 307 g/mol. The first-order valence-electron chi connectivity index (χ1n) is 5.58. The van der Waals surface area contributed by atoms with E-state index in [1.54, 1.807) is 0 Å². The maximum absolute atomic E-state index is 11.8. The fourth-order valence-electron chi connectivity index (χ4n) is 1.49. The molecule has 4 heteroatoms. The van der Waals surface area contributed by atoms with Crippen molar-refractivity contribution in [2.45, 2.75) is 31.5 Å². The second kappa shape index (κ2) is 7.07. The summed E-state index contributed by atoms with van der Waals surface area (Å²) in [5.74, 6) is 0. The molecule has 1 aromatic rings. The third kappa shape index (κ3) is 5.13. The zero-order chi connectivity index (χ0) is 12.8. The van der Waals surface area contributed by atoms with Gasteiger partial charge in [-0.2, -0.15) is 0 Å². The van der Waals surface area contributed by atoms with Crippen molar-refractivity contribution in [3.05, 3.63) is 34.9 Å². The predicted molar refractivity (Wildman–Crippen MR) is 69.0 cm³/mol. The molecule has 0 spiro atoms. The van der Waals surface area contributed by atoms with Gasteiger partial charge in [0.05, 0.1) is 0 Å². The maximum atomic E-state index is 11.8. The van der Waals surface area contributed by atoms with E-state index >= 15 is 0 Å². The molecule has 0 aliphatic heterocycles. The van der Waals surface area contributed by atoms with E-state index in [9.17, 15) is 8.78 Å². The van der Waals surface area contributed by atoms with Crippen molar-refractivity contribution in [2.75, 3.05) is 13.2 Å². The first kappa shape index (κ1) is 14.6. The molecule has 1 aromatic carbocycles. The normalized spacial score (nSPS) is 13.1. The Hall–Kier alpha value is -0.480.